The van der Waals surface area contributed by atoms with Crippen LogP contribution in [0.2, 0.25) is 0 Å². The summed E-state index contributed by atoms with van der Waals surface area (Å²) in [5.41, 5.74) is 6.16. The van der Waals surface area contributed by atoms with E-state index in [2.05, 4.69) is 0 Å². The van der Waals surface area contributed by atoms with Gasteiger partial charge in [0.15, 0.2) is 0 Å². The van der Waals surface area contributed by atoms with E-state index in [0.717, 1.165) is 0 Å². The maximum Gasteiger partial charge on any atom is 0.337 e. The van der Waals surface area contributed by atoms with Gasteiger partial charge >= 0.3 is 5.97 Å². The van der Waals surface area contributed by atoms with Gasteiger partial charge in [0, 0.05) is 5.69 Å². The number of halogens is 1. The highest BCUT2D eigenvalue weighted by molar-refractivity contribution is 5.94. The normalized spacial score (nSPS) is 9.90. The Hall–Kier alpha value is -3.07. The number of anilines is 1. The van der Waals surface area contributed by atoms with Crippen molar-refractivity contribution in [2.75, 3.05) is 5.73 Å². The molecule has 0 radical (unpaired) electrons. The summed E-state index contributed by atoms with van der Waals surface area (Å²) >= 11 is 0. The SMILES string of the molecule is N#Cc1cc(COc2ccc(N)c(C(=O)O)c2)ccc1F. The van der Waals surface area contributed by atoms with Gasteiger partial charge in [-0.15, -0.1) is 0 Å². The molecular weight excluding hydrogens is 275 g/mol. The molecule has 3 N–H and O–H groups in total. The number of carboxylic acids is 1. The average molecular weight is 286 g/mol. The van der Waals surface area contributed by atoms with Gasteiger partial charge < -0.3 is 15.6 Å². The van der Waals surface area contributed by atoms with Crippen molar-refractivity contribution in [2.45, 2.75) is 6.61 Å². The minimum absolute atomic E-state index is 0.0516. The van der Waals surface area contributed by atoms with E-state index in [4.69, 9.17) is 20.8 Å². The van der Waals surface area contributed by atoms with E-state index < -0.39 is 11.8 Å². The molecule has 0 aliphatic heterocycles. The molecule has 0 aromatic heterocycles. The van der Waals surface area contributed by atoms with E-state index in [1.54, 1.807) is 6.07 Å². The summed E-state index contributed by atoms with van der Waals surface area (Å²) in [6.07, 6.45) is 0. The van der Waals surface area contributed by atoms with Crippen molar-refractivity contribution in [2.24, 2.45) is 0 Å². The zero-order chi connectivity index (χ0) is 15.4. The van der Waals surface area contributed by atoms with Gasteiger partial charge in [0.2, 0.25) is 0 Å². The molecule has 21 heavy (non-hydrogen) atoms. The van der Waals surface area contributed by atoms with Crippen LogP contribution in [0, 0.1) is 17.1 Å². The number of nitrogens with two attached hydrogens (primary N) is 1. The fourth-order valence-electron chi connectivity index (χ4n) is 1.72. The summed E-state index contributed by atoms with van der Waals surface area (Å²) in [4.78, 5) is 11.0. The number of nitrogen functional groups attached to an aromatic ring is 1. The van der Waals surface area contributed by atoms with E-state index in [-0.39, 0.29) is 23.4 Å². The third kappa shape index (κ3) is 3.28. The first-order chi connectivity index (χ1) is 10.0. The summed E-state index contributed by atoms with van der Waals surface area (Å²) in [6.45, 7) is 0.0813. The van der Waals surface area contributed by atoms with Crippen LogP contribution in [0.5, 0.6) is 5.75 Å². The highest BCUT2D eigenvalue weighted by Crippen LogP contribution is 2.21. The van der Waals surface area contributed by atoms with Gasteiger partial charge in [-0.05, 0) is 35.9 Å². The second-order valence-corrected chi connectivity index (χ2v) is 4.27. The first-order valence-corrected chi connectivity index (χ1v) is 5.95. The Kier molecular flexibility index (Phi) is 4.05. The number of nitrogens with zero attached hydrogens (tertiary/aromatic N) is 1. The number of benzene rings is 2. The predicted molar refractivity (Wildman–Crippen MR) is 73.3 cm³/mol. The van der Waals surface area contributed by atoms with Crippen molar-refractivity contribution in [3.8, 4) is 11.8 Å². The summed E-state index contributed by atoms with van der Waals surface area (Å²) in [5, 5.41) is 17.7. The fourth-order valence-corrected chi connectivity index (χ4v) is 1.72. The first kappa shape index (κ1) is 14.3. The molecule has 0 bridgehead atoms. The van der Waals surface area contributed by atoms with Crippen molar-refractivity contribution in [1.29, 1.82) is 5.26 Å². The van der Waals surface area contributed by atoms with E-state index in [1.165, 1.54) is 36.4 Å². The lowest BCUT2D eigenvalue weighted by Crippen LogP contribution is -2.03. The van der Waals surface area contributed by atoms with Crippen LogP contribution < -0.4 is 10.5 Å². The molecule has 0 saturated carbocycles. The number of aromatic carboxylic acids is 1. The van der Waals surface area contributed by atoms with Crippen molar-refractivity contribution in [3.05, 3.63) is 58.9 Å². The molecule has 2 rings (SSSR count). The molecule has 0 spiro atoms. The van der Waals surface area contributed by atoms with Crippen LogP contribution in [-0.4, -0.2) is 11.1 Å². The van der Waals surface area contributed by atoms with Gasteiger partial charge in [0.25, 0.3) is 0 Å². The van der Waals surface area contributed by atoms with Gasteiger partial charge in [-0.2, -0.15) is 5.26 Å². The molecule has 0 heterocycles. The lowest BCUT2D eigenvalue weighted by atomic mass is 10.1. The van der Waals surface area contributed by atoms with E-state index in [1.807, 2.05) is 0 Å². The topological polar surface area (TPSA) is 96.3 Å². The van der Waals surface area contributed by atoms with Crippen molar-refractivity contribution >= 4 is 11.7 Å². The quantitative estimate of drug-likeness (QED) is 0.842. The number of hydrogen-bond acceptors (Lipinski definition) is 4. The Balaban J connectivity index is 2.15. The van der Waals surface area contributed by atoms with Crippen LogP contribution in [0.15, 0.2) is 36.4 Å². The van der Waals surface area contributed by atoms with Crippen LogP contribution in [0.1, 0.15) is 21.5 Å². The molecule has 0 fully saturated rings. The maximum absolute atomic E-state index is 13.2. The number of nitriles is 1. The number of hydrogen-bond donors (Lipinski definition) is 2. The molecule has 0 aliphatic carbocycles. The lowest BCUT2D eigenvalue weighted by molar-refractivity contribution is 0.0697. The summed E-state index contributed by atoms with van der Waals surface area (Å²) in [7, 11) is 0. The standard InChI is InChI=1S/C15H11FN2O3/c16-13-3-1-9(5-10(13)7-17)8-21-11-2-4-14(18)12(6-11)15(19)20/h1-6H,8,18H2,(H,19,20). The molecule has 2 aromatic rings. The Bertz CT molecular complexity index is 738. The second-order valence-electron chi connectivity index (χ2n) is 4.27. The van der Waals surface area contributed by atoms with E-state index >= 15 is 0 Å². The summed E-state index contributed by atoms with van der Waals surface area (Å²) in [5.74, 6) is -1.42. The van der Waals surface area contributed by atoms with Gasteiger partial charge in [-0.3, -0.25) is 0 Å². The van der Waals surface area contributed by atoms with Gasteiger partial charge in [-0.1, -0.05) is 6.07 Å². The molecular formula is C15H11FN2O3. The molecule has 6 heteroatoms. The minimum atomic E-state index is -1.15. The molecule has 0 saturated heterocycles. The number of rotatable bonds is 4. The minimum Gasteiger partial charge on any atom is -0.489 e. The molecule has 2 aromatic carbocycles. The highest BCUT2D eigenvalue weighted by atomic mass is 19.1. The maximum atomic E-state index is 13.2. The molecule has 106 valence electrons. The molecule has 0 unspecified atom stereocenters. The lowest BCUT2D eigenvalue weighted by Gasteiger charge is -2.09. The smallest absolute Gasteiger partial charge is 0.337 e. The largest absolute Gasteiger partial charge is 0.489 e. The third-order valence-electron chi connectivity index (χ3n) is 2.81. The zero-order valence-electron chi connectivity index (χ0n) is 10.8. The monoisotopic (exact) mass is 286 g/mol. The molecule has 0 aliphatic rings. The van der Waals surface area contributed by atoms with Gasteiger partial charge in [0.05, 0.1) is 11.1 Å². The summed E-state index contributed by atoms with van der Waals surface area (Å²) in [6, 6.07) is 10.1. The zero-order valence-corrected chi connectivity index (χ0v) is 10.8. The molecule has 0 atom stereocenters. The Morgan fingerprint density at radius 2 is 2.10 bits per heavy atom. The van der Waals surface area contributed by atoms with E-state index in [0.29, 0.717) is 11.3 Å². The number of carboxylic acid groups (broad SMARTS) is 1. The Morgan fingerprint density at radius 1 is 1.33 bits per heavy atom. The summed E-state index contributed by atoms with van der Waals surface area (Å²) < 4.78 is 18.6. The van der Waals surface area contributed by atoms with Crippen LogP contribution in [0.4, 0.5) is 10.1 Å². The van der Waals surface area contributed by atoms with Gasteiger partial charge in [0.1, 0.15) is 24.2 Å². The van der Waals surface area contributed by atoms with Gasteiger partial charge in [-0.25, -0.2) is 9.18 Å². The van der Waals surface area contributed by atoms with Crippen LogP contribution in [0.3, 0.4) is 0 Å². The Morgan fingerprint density at radius 3 is 2.76 bits per heavy atom. The molecule has 5 nitrogen and oxygen atoms in total. The van der Waals surface area contributed by atoms with E-state index in [9.17, 15) is 9.18 Å². The van der Waals surface area contributed by atoms with Crippen LogP contribution >= 0.6 is 0 Å². The molecule has 0 amide bonds. The Labute approximate surface area is 120 Å². The predicted octanol–water partition coefficient (Wildman–Crippen LogP) is 2.56. The van der Waals surface area contributed by atoms with Crippen LogP contribution in [0.25, 0.3) is 0 Å². The number of carbonyl (C=O) groups is 1. The van der Waals surface area contributed by atoms with Crippen molar-refractivity contribution < 1.29 is 19.0 Å². The van der Waals surface area contributed by atoms with Crippen molar-refractivity contribution in [3.63, 3.8) is 0 Å². The highest BCUT2D eigenvalue weighted by Gasteiger charge is 2.09. The first-order valence-electron chi connectivity index (χ1n) is 5.95. The average Bonchev–Trinajstić information content (AvgIpc) is 2.47. The third-order valence-corrected chi connectivity index (χ3v) is 2.81. The second kappa shape index (κ2) is 5.92. The van der Waals surface area contributed by atoms with Crippen LogP contribution in [-0.2, 0) is 6.61 Å². The number of ether oxygens (including phenoxy) is 1. The fraction of sp³-hybridized carbons (Fsp3) is 0.0667. The van der Waals surface area contributed by atoms with Crippen molar-refractivity contribution in [1.82, 2.24) is 0 Å².